The molecule has 0 spiro atoms. The topological polar surface area (TPSA) is 60.7 Å². The lowest BCUT2D eigenvalue weighted by Gasteiger charge is -2.02. The number of phenols is 1. The molecule has 0 bridgehead atoms. The van der Waals surface area contributed by atoms with Gasteiger partial charge in [0.15, 0.2) is 0 Å². The molecule has 3 nitrogen and oxygen atoms in total. The number of hydrogen-bond donors (Lipinski definition) is 3. The van der Waals surface area contributed by atoms with Gasteiger partial charge in [-0.05, 0) is 18.6 Å². The van der Waals surface area contributed by atoms with E-state index in [1.54, 1.807) is 6.07 Å². The minimum absolute atomic E-state index is 0.0833. The Morgan fingerprint density at radius 3 is 2.36 bits per heavy atom. The van der Waals surface area contributed by atoms with E-state index in [2.05, 4.69) is 0 Å². The molecule has 0 atom stereocenters. The van der Waals surface area contributed by atoms with E-state index in [0.717, 1.165) is 5.56 Å². The third-order valence-corrected chi connectivity index (χ3v) is 1.46. The minimum Gasteiger partial charge on any atom is -0.508 e. The van der Waals surface area contributed by atoms with Crippen LogP contribution in [-0.4, -0.2) is 22.3 Å². The standard InChI is InChI=1S/C7H9BO3/c1-5-2-3-6(8(10)11)7(9)4-5/h2-4,9-11H,1H3. The maximum atomic E-state index is 9.14. The first-order valence-electron chi connectivity index (χ1n) is 3.27. The van der Waals surface area contributed by atoms with Crippen molar-refractivity contribution in [1.29, 1.82) is 0 Å². The van der Waals surface area contributed by atoms with Crippen LogP contribution in [0.15, 0.2) is 18.2 Å². The largest absolute Gasteiger partial charge is 0.508 e. The second kappa shape index (κ2) is 2.94. The van der Waals surface area contributed by atoms with Gasteiger partial charge < -0.3 is 15.2 Å². The zero-order chi connectivity index (χ0) is 8.43. The molecule has 0 aliphatic rings. The molecule has 0 fully saturated rings. The molecule has 1 aromatic rings. The van der Waals surface area contributed by atoms with Gasteiger partial charge in [0.25, 0.3) is 0 Å². The van der Waals surface area contributed by atoms with Crippen LogP contribution < -0.4 is 5.46 Å². The van der Waals surface area contributed by atoms with Gasteiger partial charge in [0.1, 0.15) is 5.75 Å². The summed E-state index contributed by atoms with van der Waals surface area (Å²) < 4.78 is 0. The summed E-state index contributed by atoms with van der Waals surface area (Å²) in [6, 6.07) is 4.67. The number of phenolic OH excluding ortho intramolecular Hbond substituents is 1. The molecule has 0 radical (unpaired) electrons. The summed E-state index contributed by atoms with van der Waals surface area (Å²) in [7, 11) is -1.60. The Hall–Kier alpha value is -0.995. The van der Waals surface area contributed by atoms with Crippen molar-refractivity contribution in [2.45, 2.75) is 6.92 Å². The lowest BCUT2D eigenvalue weighted by Crippen LogP contribution is -2.29. The zero-order valence-electron chi connectivity index (χ0n) is 6.15. The van der Waals surface area contributed by atoms with Crippen molar-refractivity contribution in [2.24, 2.45) is 0 Å². The van der Waals surface area contributed by atoms with E-state index in [9.17, 15) is 0 Å². The Balaban J connectivity index is 3.09. The van der Waals surface area contributed by atoms with Gasteiger partial charge >= 0.3 is 7.12 Å². The van der Waals surface area contributed by atoms with E-state index in [0.29, 0.717) is 0 Å². The molecular formula is C7H9BO3. The van der Waals surface area contributed by atoms with Crippen LogP contribution in [0.5, 0.6) is 5.75 Å². The van der Waals surface area contributed by atoms with Gasteiger partial charge in [0.05, 0.1) is 0 Å². The Morgan fingerprint density at radius 1 is 1.27 bits per heavy atom. The molecule has 0 saturated carbocycles. The van der Waals surface area contributed by atoms with Crippen LogP contribution in [0.3, 0.4) is 0 Å². The van der Waals surface area contributed by atoms with Crippen molar-refractivity contribution >= 4 is 12.6 Å². The number of rotatable bonds is 1. The summed E-state index contributed by atoms with van der Waals surface area (Å²) in [5, 5.41) is 26.5. The van der Waals surface area contributed by atoms with Gasteiger partial charge in [0, 0.05) is 5.46 Å². The number of aryl methyl sites for hydroxylation is 1. The van der Waals surface area contributed by atoms with Crippen molar-refractivity contribution in [1.82, 2.24) is 0 Å². The third kappa shape index (κ3) is 1.72. The normalized spacial score (nSPS) is 9.73. The highest BCUT2D eigenvalue weighted by Crippen LogP contribution is 2.07. The predicted molar refractivity (Wildman–Crippen MR) is 42.7 cm³/mol. The quantitative estimate of drug-likeness (QED) is 0.470. The van der Waals surface area contributed by atoms with Crippen molar-refractivity contribution in [3.8, 4) is 5.75 Å². The van der Waals surface area contributed by atoms with Crippen molar-refractivity contribution < 1.29 is 15.2 Å². The fourth-order valence-corrected chi connectivity index (χ4v) is 0.872. The maximum Gasteiger partial charge on any atom is 0.492 e. The van der Waals surface area contributed by atoms with Crippen molar-refractivity contribution in [3.05, 3.63) is 23.8 Å². The summed E-state index contributed by atoms with van der Waals surface area (Å²) in [5.74, 6) is -0.0833. The highest BCUT2D eigenvalue weighted by Gasteiger charge is 2.14. The maximum absolute atomic E-state index is 9.14. The second-order valence-electron chi connectivity index (χ2n) is 2.44. The third-order valence-electron chi connectivity index (χ3n) is 1.46. The first-order chi connectivity index (χ1) is 5.11. The van der Waals surface area contributed by atoms with Gasteiger partial charge in [-0.2, -0.15) is 0 Å². The highest BCUT2D eigenvalue weighted by molar-refractivity contribution is 6.59. The van der Waals surface area contributed by atoms with Crippen LogP contribution in [0.1, 0.15) is 5.56 Å². The van der Waals surface area contributed by atoms with Gasteiger partial charge in [0.2, 0.25) is 0 Å². The lowest BCUT2D eigenvalue weighted by atomic mass is 9.79. The summed E-state index contributed by atoms with van der Waals surface area (Å²) >= 11 is 0. The van der Waals surface area contributed by atoms with E-state index < -0.39 is 7.12 Å². The summed E-state index contributed by atoms with van der Waals surface area (Å²) in [5.41, 5.74) is 1.02. The molecule has 0 saturated heterocycles. The fraction of sp³-hybridized carbons (Fsp3) is 0.143. The molecule has 0 aliphatic carbocycles. The fourth-order valence-electron chi connectivity index (χ4n) is 0.872. The molecule has 0 amide bonds. The number of benzene rings is 1. The molecule has 0 unspecified atom stereocenters. The zero-order valence-corrected chi connectivity index (χ0v) is 6.15. The molecule has 0 aromatic heterocycles. The number of hydrogen-bond acceptors (Lipinski definition) is 3. The molecule has 4 heteroatoms. The van der Waals surface area contributed by atoms with Crippen molar-refractivity contribution in [3.63, 3.8) is 0 Å². The molecule has 0 heterocycles. The molecule has 3 N–H and O–H groups in total. The first-order valence-corrected chi connectivity index (χ1v) is 3.27. The minimum atomic E-state index is -1.60. The predicted octanol–water partition coefficient (Wildman–Crippen LogP) is -0.620. The average molecular weight is 152 g/mol. The first kappa shape index (κ1) is 8.10. The summed E-state index contributed by atoms with van der Waals surface area (Å²) in [6.07, 6.45) is 0. The van der Waals surface area contributed by atoms with Crippen LogP contribution in [0.2, 0.25) is 0 Å². The van der Waals surface area contributed by atoms with Gasteiger partial charge in [-0.15, -0.1) is 0 Å². The smallest absolute Gasteiger partial charge is 0.492 e. The van der Waals surface area contributed by atoms with E-state index in [4.69, 9.17) is 15.2 Å². The van der Waals surface area contributed by atoms with E-state index in [1.165, 1.54) is 12.1 Å². The molecule has 58 valence electrons. The summed E-state index contributed by atoms with van der Waals surface area (Å²) in [6.45, 7) is 1.81. The molecular weight excluding hydrogens is 143 g/mol. The van der Waals surface area contributed by atoms with E-state index in [1.807, 2.05) is 6.92 Å². The van der Waals surface area contributed by atoms with Crippen molar-refractivity contribution in [2.75, 3.05) is 0 Å². The van der Waals surface area contributed by atoms with Crippen LogP contribution >= 0.6 is 0 Å². The van der Waals surface area contributed by atoms with E-state index >= 15 is 0 Å². The Bertz CT molecular complexity index is 260. The van der Waals surface area contributed by atoms with Gasteiger partial charge in [-0.3, -0.25) is 0 Å². The van der Waals surface area contributed by atoms with E-state index in [-0.39, 0.29) is 11.2 Å². The van der Waals surface area contributed by atoms with Gasteiger partial charge in [-0.1, -0.05) is 12.1 Å². The molecule has 1 rings (SSSR count). The van der Waals surface area contributed by atoms with Crippen LogP contribution in [-0.2, 0) is 0 Å². The highest BCUT2D eigenvalue weighted by atomic mass is 16.4. The molecule has 1 aromatic carbocycles. The Labute approximate surface area is 65.1 Å². The molecule has 11 heavy (non-hydrogen) atoms. The molecule has 0 aliphatic heterocycles. The van der Waals surface area contributed by atoms with Crippen LogP contribution in [0, 0.1) is 6.92 Å². The van der Waals surface area contributed by atoms with Gasteiger partial charge in [-0.25, -0.2) is 0 Å². The number of aromatic hydroxyl groups is 1. The summed E-state index contributed by atoms with van der Waals surface area (Å²) in [4.78, 5) is 0. The average Bonchev–Trinajstić information content (AvgIpc) is 1.85. The Morgan fingerprint density at radius 2 is 1.91 bits per heavy atom. The van der Waals surface area contributed by atoms with Crippen LogP contribution in [0.4, 0.5) is 0 Å². The van der Waals surface area contributed by atoms with Crippen LogP contribution in [0.25, 0.3) is 0 Å². The second-order valence-corrected chi connectivity index (χ2v) is 2.44. The Kier molecular flexibility index (Phi) is 2.17. The lowest BCUT2D eigenvalue weighted by molar-refractivity contribution is 0.419. The SMILES string of the molecule is Cc1ccc(B(O)O)c(O)c1. The monoisotopic (exact) mass is 152 g/mol.